The monoisotopic (exact) mass is 186 g/mol. The van der Waals surface area contributed by atoms with Gasteiger partial charge in [0.1, 0.15) is 0 Å². The van der Waals surface area contributed by atoms with Crippen LogP contribution < -0.4 is 5.73 Å². The number of rotatable bonds is 3. The second-order valence-electron chi connectivity index (χ2n) is 3.68. The number of amides is 1. The Balaban J connectivity index is 2.43. The zero-order valence-corrected chi connectivity index (χ0v) is 8.32. The fourth-order valence-corrected chi connectivity index (χ4v) is 1.80. The standard InChI is InChI=1S/C9H18N2O2/c1-7(5-9(10)12)11-3-4-13-6-8(11)2/h7-8H,3-6H2,1-2H3,(H2,10,12). The predicted octanol–water partition coefficient (Wildman–Crippen LogP) is -0.0290. The van der Waals surface area contributed by atoms with Gasteiger partial charge in [0, 0.05) is 25.0 Å². The Morgan fingerprint density at radius 1 is 1.77 bits per heavy atom. The molecule has 13 heavy (non-hydrogen) atoms. The SMILES string of the molecule is CC1COCCN1C(C)CC(N)=O. The third-order valence-electron chi connectivity index (χ3n) is 2.48. The number of nitrogens with zero attached hydrogens (tertiary/aromatic N) is 1. The predicted molar refractivity (Wildman–Crippen MR) is 50.3 cm³/mol. The van der Waals surface area contributed by atoms with Crippen molar-refractivity contribution in [3.63, 3.8) is 0 Å². The quantitative estimate of drug-likeness (QED) is 0.673. The van der Waals surface area contributed by atoms with Crippen molar-refractivity contribution in [2.24, 2.45) is 5.73 Å². The fraction of sp³-hybridized carbons (Fsp3) is 0.889. The van der Waals surface area contributed by atoms with Crippen LogP contribution in [-0.2, 0) is 9.53 Å². The minimum atomic E-state index is -0.230. The fourth-order valence-electron chi connectivity index (χ4n) is 1.80. The first-order valence-electron chi connectivity index (χ1n) is 4.73. The van der Waals surface area contributed by atoms with Crippen LogP contribution >= 0.6 is 0 Å². The van der Waals surface area contributed by atoms with E-state index in [1.807, 2.05) is 6.92 Å². The van der Waals surface area contributed by atoms with Gasteiger partial charge in [0.15, 0.2) is 0 Å². The van der Waals surface area contributed by atoms with E-state index in [4.69, 9.17) is 10.5 Å². The van der Waals surface area contributed by atoms with E-state index in [2.05, 4.69) is 11.8 Å². The highest BCUT2D eigenvalue weighted by Crippen LogP contribution is 2.12. The molecule has 1 heterocycles. The van der Waals surface area contributed by atoms with E-state index >= 15 is 0 Å². The van der Waals surface area contributed by atoms with Crippen molar-refractivity contribution in [1.29, 1.82) is 0 Å². The highest BCUT2D eigenvalue weighted by Gasteiger charge is 2.24. The first kappa shape index (κ1) is 10.5. The van der Waals surface area contributed by atoms with E-state index in [1.54, 1.807) is 0 Å². The molecule has 1 amide bonds. The smallest absolute Gasteiger partial charge is 0.218 e. The highest BCUT2D eigenvalue weighted by atomic mass is 16.5. The molecule has 0 aromatic rings. The molecular formula is C9H18N2O2. The number of morpholine rings is 1. The Morgan fingerprint density at radius 2 is 2.46 bits per heavy atom. The van der Waals surface area contributed by atoms with Crippen LogP contribution in [0.5, 0.6) is 0 Å². The van der Waals surface area contributed by atoms with Crippen LogP contribution in [0.1, 0.15) is 20.3 Å². The largest absolute Gasteiger partial charge is 0.379 e. The summed E-state index contributed by atoms with van der Waals surface area (Å²) < 4.78 is 5.31. The Bertz CT molecular complexity index is 184. The number of hydrogen-bond donors (Lipinski definition) is 1. The molecule has 2 N–H and O–H groups in total. The van der Waals surface area contributed by atoms with Crippen LogP contribution in [0.3, 0.4) is 0 Å². The number of carbonyl (C=O) groups excluding carboxylic acids is 1. The molecule has 1 saturated heterocycles. The van der Waals surface area contributed by atoms with Gasteiger partial charge < -0.3 is 10.5 Å². The number of primary amides is 1. The molecule has 76 valence electrons. The van der Waals surface area contributed by atoms with E-state index in [-0.39, 0.29) is 11.9 Å². The molecule has 0 aromatic carbocycles. The maximum Gasteiger partial charge on any atom is 0.218 e. The lowest BCUT2D eigenvalue weighted by molar-refractivity contribution is -0.120. The van der Waals surface area contributed by atoms with Gasteiger partial charge in [-0.2, -0.15) is 0 Å². The van der Waals surface area contributed by atoms with Crippen LogP contribution in [0.15, 0.2) is 0 Å². The van der Waals surface area contributed by atoms with Crippen molar-refractivity contribution in [3.8, 4) is 0 Å². The lowest BCUT2D eigenvalue weighted by Gasteiger charge is -2.37. The van der Waals surface area contributed by atoms with E-state index in [0.29, 0.717) is 12.5 Å². The zero-order chi connectivity index (χ0) is 9.84. The van der Waals surface area contributed by atoms with Crippen molar-refractivity contribution >= 4 is 5.91 Å². The summed E-state index contributed by atoms with van der Waals surface area (Å²) in [7, 11) is 0. The lowest BCUT2D eigenvalue weighted by atomic mass is 10.1. The van der Waals surface area contributed by atoms with Gasteiger partial charge in [-0.15, -0.1) is 0 Å². The Morgan fingerprint density at radius 3 is 3.00 bits per heavy atom. The first-order chi connectivity index (χ1) is 6.11. The van der Waals surface area contributed by atoms with Gasteiger partial charge in [0.2, 0.25) is 5.91 Å². The van der Waals surface area contributed by atoms with Gasteiger partial charge in [-0.05, 0) is 13.8 Å². The maximum atomic E-state index is 10.7. The number of hydrogen-bond acceptors (Lipinski definition) is 3. The summed E-state index contributed by atoms with van der Waals surface area (Å²) in [5.74, 6) is -0.230. The Labute approximate surface area is 79.0 Å². The average molecular weight is 186 g/mol. The topological polar surface area (TPSA) is 55.6 Å². The third kappa shape index (κ3) is 2.97. The van der Waals surface area contributed by atoms with Gasteiger partial charge in [0.05, 0.1) is 13.2 Å². The van der Waals surface area contributed by atoms with Gasteiger partial charge in [-0.25, -0.2) is 0 Å². The van der Waals surface area contributed by atoms with Gasteiger partial charge >= 0.3 is 0 Å². The molecular weight excluding hydrogens is 168 g/mol. The molecule has 4 heteroatoms. The van der Waals surface area contributed by atoms with Crippen molar-refractivity contribution in [1.82, 2.24) is 4.90 Å². The number of carbonyl (C=O) groups is 1. The molecule has 0 bridgehead atoms. The molecule has 1 aliphatic heterocycles. The van der Waals surface area contributed by atoms with Crippen molar-refractivity contribution in [2.75, 3.05) is 19.8 Å². The number of nitrogens with two attached hydrogens (primary N) is 1. The second-order valence-corrected chi connectivity index (χ2v) is 3.68. The van der Waals surface area contributed by atoms with E-state index in [9.17, 15) is 4.79 Å². The van der Waals surface area contributed by atoms with Crippen molar-refractivity contribution in [2.45, 2.75) is 32.4 Å². The Hall–Kier alpha value is -0.610. The van der Waals surface area contributed by atoms with Crippen LogP contribution in [-0.4, -0.2) is 42.6 Å². The van der Waals surface area contributed by atoms with Gasteiger partial charge in [-0.3, -0.25) is 9.69 Å². The summed E-state index contributed by atoms with van der Waals surface area (Å²) in [6.07, 6.45) is 0.435. The van der Waals surface area contributed by atoms with Crippen LogP contribution in [0.25, 0.3) is 0 Å². The summed E-state index contributed by atoms with van der Waals surface area (Å²) in [5, 5.41) is 0. The van der Waals surface area contributed by atoms with E-state index in [0.717, 1.165) is 19.8 Å². The van der Waals surface area contributed by atoms with Crippen molar-refractivity contribution < 1.29 is 9.53 Å². The number of ether oxygens (including phenoxy) is 1. The molecule has 1 rings (SSSR count). The summed E-state index contributed by atoms with van der Waals surface area (Å²) in [5.41, 5.74) is 5.15. The highest BCUT2D eigenvalue weighted by molar-refractivity contribution is 5.74. The molecule has 4 nitrogen and oxygen atoms in total. The van der Waals surface area contributed by atoms with Crippen LogP contribution in [0, 0.1) is 0 Å². The van der Waals surface area contributed by atoms with Crippen LogP contribution in [0.4, 0.5) is 0 Å². The van der Waals surface area contributed by atoms with Crippen LogP contribution in [0.2, 0.25) is 0 Å². The third-order valence-corrected chi connectivity index (χ3v) is 2.48. The molecule has 0 aliphatic carbocycles. The molecule has 2 atom stereocenters. The maximum absolute atomic E-state index is 10.7. The zero-order valence-electron chi connectivity index (χ0n) is 8.32. The molecule has 2 unspecified atom stereocenters. The molecule has 0 saturated carbocycles. The summed E-state index contributed by atoms with van der Waals surface area (Å²) in [6, 6.07) is 0.625. The van der Waals surface area contributed by atoms with Gasteiger partial charge in [0.25, 0.3) is 0 Å². The van der Waals surface area contributed by atoms with Gasteiger partial charge in [-0.1, -0.05) is 0 Å². The average Bonchev–Trinajstić information content (AvgIpc) is 2.03. The summed E-state index contributed by atoms with van der Waals surface area (Å²) in [4.78, 5) is 13.0. The van der Waals surface area contributed by atoms with E-state index in [1.165, 1.54) is 0 Å². The first-order valence-corrected chi connectivity index (χ1v) is 4.73. The molecule has 1 fully saturated rings. The van der Waals surface area contributed by atoms with E-state index < -0.39 is 0 Å². The molecule has 0 radical (unpaired) electrons. The minimum absolute atomic E-state index is 0.230. The second kappa shape index (κ2) is 4.58. The molecule has 1 aliphatic rings. The lowest BCUT2D eigenvalue weighted by Crippen LogP contribution is -2.49. The Kier molecular flexibility index (Phi) is 3.69. The molecule has 0 spiro atoms. The van der Waals surface area contributed by atoms with Crippen molar-refractivity contribution in [3.05, 3.63) is 0 Å². The summed E-state index contributed by atoms with van der Waals surface area (Å²) >= 11 is 0. The molecule has 0 aromatic heterocycles. The summed E-state index contributed by atoms with van der Waals surface area (Å²) in [6.45, 7) is 6.55. The minimum Gasteiger partial charge on any atom is -0.379 e. The normalized spacial score (nSPS) is 27.1.